The standard InChI is InChI=1S/C33H39NO9/c1-31(2,3)41-28(35)38-25-16-10-22(11-17-25)34(23-12-18-26(19-13-23)39-29(36)42-32(4,5)6)24-14-20-27(21-15-24)40-30(37)43-33(7,8)9/h10-21H,1-9H3. The summed E-state index contributed by atoms with van der Waals surface area (Å²) in [7, 11) is 0. The lowest BCUT2D eigenvalue weighted by molar-refractivity contribution is 0.0193. The van der Waals surface area contributed by atoms with E-state index in [1.165, 1.54) is 0 Å². The van der Waals surface area contributed by atoms with Gasteiger partial charge in [0.15, 0.2) is 0 Å². The van der Waals surface area contributed by atoms with Gasteiger partial charge in [0.25, 0.3) is 0 Å². The van der Waals surface area contributed by atoms with Crippen LogP contribution in [0.4, 0.5) is 31.4 Å². The first-order valence-electron chi connectivity index (χ1n) is 13.7. The van der Waals surface area contributed by atoms with E-state index < -0.39 is 35.3 Å². The normalized spacial score (nSPS) is 11.7. The molecule has 0 heterocycles. The molecule has 0 unspecified atom stereocenters. The van der Waals surface area contributed by atoms with Gasteiger partial charge in [0.2, 0.25) is 0 Å². The average Bonchev–Trinajstić information content (AvgIpc) is 2.84. The predicted octanol–water partition coefficient (Wildman–Crippen LogP) is 9.10. The van der Waals surface area contributed by atoms with Gasteiger partial charge >= 0.3 is 18.5 Å². The highest BCUT2D eigenvalue weighted by molar-refractivity contribution is 5.78. The monoisotopic (exact) mass is 593 g/mol. The zero-order valence-corrected chi connectivity index (χ0v) is 26.0. The van der Waals surface area contributed by atoms with Gasteiger partial charge in [-0.05, 0) is 135 Å². The van der Waals surface area contributed by atoms with Gasteiger partial charge in [0, 0.05) is 17.1 Å². The number of hydrogen-bond acceptors (Lipinski definition) is 10. The molecular weight excluding hydrogens is 554 g/mol. The number of carbonyl (C=O) groups is 3. The first-order chi connectivity index (χ1) is 19.9. The lowest BCUT2D eigenvalue weighted by Crippen LogP contribution is -2.26. The number of carbonyl (C=O) groups excluding carboxylic acids is 3. The van der Waals surface area contributed by atoms with Gasteiger partial charge in [0.1, 0.15) is 34.1 Å². The van der Waals surface area contributed by atoms with E-state index in [-0.39, 0.29) is 0 Å². The van der Waals surface area contributed by atoms with Gasteiger partial charge < -0.3 is 33.3 Å². The molecule has 0 aliphatic heterocycles. The minimum Gasteiger partial charge on any atom is -0.428 e. The maximum absolute atomic E-state index is 12.1. The number of rotatable bonds is 6. The van der Waals surface area contributed by atoms with Crippen LogP contribution in [-0.2, 0) is 14.2 Å². The van der Waals surface area contributed by atoms with E-state index in [1.807, 2.05) is 4.90 Å². The largest absolute Gasteiger partial charge is 0.514 e. The SMILES string of the molecule is CC(C)(C)OC(=O)Oc1ccc(N(c2ccc(OC(=O)OC(C)(C)C)cc2)c2ccc(OC(=O)OC(C)(C)C)cc2)cc1. The molecule has 3 aromatic carbocycles. The van der Waals surface area contributed by atoms with E-state index in [1.54, 1.807) is 135 Å². The molecule has 0 saturated carbocycles. The maximum Gasteiger partial charge on any atom is 0.514 e. The highest BCUT2D eigenvalue weighted by Gasteiger charge is 2.21. The molecule has 0 aliphatic rings. The lowest BCUT2D eigenvalue weighted by Gasteiger charge is -2.26. The summed E-state index contributed by atoms with van der Waals surface area (Å²) in [6.45, 7) is 15.8. The van der Waals surface area contributed by atoms with Crippen molar-refractivity contribution in [2.24, 2.45) is 0 Å². The van der Waals surface area contributed by atoms with Gasteiger partial charge in [0.05, 0.1) is 0 Å². The molecule has 0 saturated heterocycles. The average molecular weight is 594 g/mol. The zero-order chi connectivity index (χ0) is 32.0. The summed E-state index contributed by atoms with van der Waals surface area (Å²) in [5.41, 5.74) is 0.0977. The summed E-state index contributed by atoms with van der Waals surface area (Å²) in [4.78, 5) is 38.3. The fraction of sp³-hybridized carbons (Fsp3) is 0.364. The van der Waals surface area contributed by atoms with Crippen molar-refractivity contribution in [1.82, 2.24) is 0 Å². The summed E-state index contributed by atoms with van der Waals surface area (Å²) < 4.78 is 31.6. The Morgan fingerprint density at radius 1 is 0.419 bits per heavy atom. The van der Waals surface area contributed by atoms with E-state index in [2.05, 4.69) is 0 Å². The number of nitrogens with zero attached hydrogens (tertiary/aromatic N) is 1. The fourth-order valence-electron chi connectivity index (χ4n) is 3.54. The smallest absolute Gasteiger partial charge is 0.428 e. The molecule has 0 aliphatic carbocycles. The number of anilines is 3. The van der Waals surface area contributed by atoms with Crippen molar-refractivity contribution in [3.05, 3.63) is 72.8 Å². The molecule has 0 spiro atoms. The Hall–Kier alpha value is -4.73. The Kier molecular flexibility index (Phi) is 9.96. The van der Waals surface area contributed by atoms with E-state index >= 15 is 0 Å². The Morgan fingerprint density at radius 3 is 0.814 bits per heavy atom. The van der Waals surface area contributed by atoms with Crippen LogP contribution >= 0.6 is 0 Å². The molecule has 0 bridgehead atoms. The van der Waals surface area contributed by atoms with Crippen molar-refractivity contribution in [3.8, 4) is 17.2 Å². The van der Waals surface area contributed by atoms with Crippen LogP contribution in [0.15, 0.2) is 72.8 Å². The summed E-state index contributed by atoms with van der Waals surface area (Å²) in [5.74, 6) is 0.917. The van der Waals surface area contributed by atoms with Gasteiger partial charge in [-0.2, -0.15) is 0 Å². The quantitative estimate of drug-likeness (QED) is 0.156. The van der Waals surface area contributed by atoms with Crippen molar-refractivity contribution < 1.29 is 42.8 Å². The molecule has 0 atom stereocenters. The minimum absolute atomic E-state index is 0.306. The Balaban J connectivity index is 1.88. The first kappa shape index (κ1) is 32.8. The Morgan fingerprint density at radius 2 is 0.628 bits per heavy atom. The molecule has 0 aromatic heterocycles. The summed E-state index contributed by atoms with van der Waals surface area (Å²) in [6, 6.07) is 20.5. The summed E-state index contributed by atoms with van der Waals surface area (Å²) in [6.07, 6.45) is -2.42. The van der Waals surface area contributed by atoms with Crippen LogP contribution in [-0.4, -0.2) is 35.3 Å². The Labute approximate surface area is 252 Å². The van der Waals surface area contributed by atoms with Gasteiger partial charge in [-0.15, -0.1) is 0 Å². The van der Waals surface area contributed by atoms with Crippen molar-refractivity contribution in [2.75, 3.05) is 4.90 Å². The van der Waals surface area contributed by atoms with Gasteiger partial charge in [-0.3, -0.25) is 0 Å². The molecular formula is C33H39NO9. The third kappa shape index (κ3) is 11.2. The minimum atomic E-state index is -0.807. The molecule has 3 aromatic rings. The van der Waals surface area contributed by atoms with Crippen LogP contribution in [0.25, 0.3) is 0 Å². The maximum atomic E-state index is 12.1. The van der Waals surface area contributed by atoms with E-state index in [4.69, 9.17) is 28.4 Å². The highest BCUT2D eigenvalue weighted by Crippen LogP contribution is 2.37. The van der Waals surface area contributed by atoms with Crippen molar-refractivity contribution in [3.63, 3.8) is 0 Å². The second kappa shape index (κ2) is 13.1. The molecule has 0 N–H and O–H groups in total. The van der Waals surface area contributed by atoms with Crippen LogP contribution in [0, 0.1) is 0 Å². The number of benzene rings is 3. The third-order valence-electron chi connectivity index (χ3n) is 5.06. The molecule has 230 valence electrons. The predicted molar refractivity (Wildman–Crippen MR) is 162 cm³/mol. The topological polar surface area (TPSA) is 110 Å². The van der Waals surface area contributed by atoms with Crippen LogP contribution in [0.2, 0.25) is 0 Å². The van der Waals surface area contributed by atoms with Crippen molar-refractivity contribution in [1.29, 1.82) is 0 Å². The summed E-state index contributed by atoms with van der Waals surface area (Å²) >= 11 is 0. The molecule has 0 fully saturated rings. The molecule has 3 rings (SSSR count). The van der Waals surface area contributed by atoms with Crippen LogP contribution in [0.3, 0.4) is 0 Å². The zero-order valence-electron chi connectivity index (χ0n) is 26.0. The van der Waals surface area contributed by atoms with Crippen molar-refractivity contribution >= 4 is 35.5 Å². The van der Waals surface area contributed by atoms with Crippen LogP contribution in [0.5, 0.6) is 17.2 Å². The van der Waals surface area contributed by atoms with Gasteiger partial charge in [-0.1, -0.05) is 0 Å². The van der Waals surface area contributed by atoms with E-state index in [0.717, 1.165) is 17.1 Å². The van der Waals surface area contributed by atoms with E-state index in [0.29, 0.717) is 17.2 Å². The summed E-state index contributed by atoms with van der Waals surface area (Å²) in [5, 5.41) is 0. The molecule has 0 amide bonds. The first-order valence-corrected chi connectivity index (χ1v) is 13.7. The van der Waals surface area contributed by atoms with Gasteiger partial charge in [-0.25, -0.2) is 14.4 Å². The third-order valence-corrected chi connectivity index (χ3v) is 5.06. The molecule has 0 radical (unpaired) electrons. The second-order valence-electron chi connectivity index (χ2n) is 12.5. The van der Waals surface area contributed by atoms with Crippen molar-refractivity contribution in [2.45, 2.75) is 79.1 Å². The number of ether oxygens (including phenoxy) is 6. The lowest BCUT2D eigenvalue weighted by atomic mass is 10.2. The highest BCUT2D eigenvalue weighted by atomic mass is 16.7. The second-order valence-corrected chi connectivity index (χ2v) is 12.5. The Bertz CT molecular complexity index is 1220. The molecule has 10 heteroatoms. The van der Waals surface area contributed by atoms with Crippen LogP contribution in [0.1, 0.15) is 62.3 Å². The molecule has 43 heavy (non-hydrogen) atoms. The van der Waals surface area contributed by atoms with Crippen LogP contribution < -0.4 is 19.1 Å². The van der Waals surface area contributed by atoms with E-state index in [9.17, 15) is 14.4 Å². The number of hydrogen-bond donors (Lipinski definition) is 0. The fourth-order valence-corrected chi connectivity index (χ4v) is 3.54. The molecule has 10 nitrogen and oxygen atoms in total.